The normalized spacial score (nSPS) is 19.2. The highest BCUT2D eigenvalue weighted by atomic mass is 35.5. The van der Waals surface area contributed by atoms with Gasteiger partial charge in [0.2, 0.25) is 15.9 Å². The Morgan fingerprint density at radius 3 is 2.88 bits per heavy atom. The number of ether oxygens (including phenoxy) is 1. The van der Waals surface area contributed by atoms with Crippen molar-refractivity contribution in [2.24, 2.45) is 5.92 Å². The number of methoxy groups -OCH3 is 1. The first-order valence-corrected chi connectivity index (χ1v) is 9.93. The van der Waals surface area contributed by atoms with E-state index in [1.165, 1.54) is 11.4 Å². The van der Waals surface area contributed by atoms with Crippen molar-refractivity contribution in [2.75, 3.05) is 37.9 Å². The maximum Gasteiger partial charge on any atom is 0.228 e. The summed E-state index contributed by atoms with van der Waals surface area (Å²) in [4.78, 5) is 12.5. The van der Waals surface area contributed by atoms with Crippen LogP contribution in [0, 0.1) is 5.92 Å². The number of anilines is 1. The molecule has 9 heteroatoms. The quantitative estimate of drug-likeness (QED) is 0.804. The molecule has 1 N–H and O–H groups in total. The van der Waals surface area contributed by atoms with Gasteiger partial charge in [0.15, 0.2) is 0 Å². The lowest BCUT2D eigenvalue weighted by Crippen LogP contribution is -2.45. The third-order valence-corrected chi connectivity index (χ3v) is 6.52. The van der Waals surface area contributed by atoms with Crippen LogP contribution in [-0.2, 0) is 19.6 Å². The first-order valence-electron chi connectivity index (χ1n) is 7.57. The van der Waals surface area contributed by atoms with E-state index < -0.39 is 15.9 Å². The van der Waals surface area contributed by atoms with Gasteiger partial charge in [-0.2, -0.15) is 0 Å². The summed E-state index contributed by atoms with van der Waals surface area (Å²) in [6, 6.07) is 4.97. The zero-order valence-corrected chi connectivity index (χ0v) is 15.6. The number of carbonyl (C=O) groups excluding carboxylic acids is 1. The molecule has 1 heterocycles. The van der Waals surface area contributed by atoms with Gasteiger partial charge in [0, 0.05) is 20.2 Å². The highest BCUT2D eigenvalue weighted by Crippen LogP contribution is 2.30. The third kappa shape index (κ3) is 4.83. The molecular weight excluding hydrogens is 375 g/mol. The Hall–Kier alpha value is -0.860. The van der Waals surface area contributed by atoms with E-state index in [1.807, 2.05) is 0 Å². The van der Waals surface area contributed by atoms with Crippen LogP contribution < -0.4 is 5.32 Å². The van der Waals surface area contributed by atoms with E-state index in [-0.39, 0.29) is 29.8 Å². The van der Waals surface area contributed by atoms with Crippen molar-refractivity contribution in [3.63, 3.8) is 0 Å². The van der Waals surface area contributed by atoms with Gasteiger partial charge >= 0.3 is 0 Å². The molecule has 1 saturated heterocycles. The Balaban J connectivity index is 2.04. The summed E-state index contributed by atoms with van der Waals surface area (Å²) in [5.74, 6) is -0.769. The van der Waals surface area contributed by atoms with Gasteiger partial charge in [-0.3, -0.25) is 4.79 Å². The van der Waals surface area contributed by atoms with Crippen molar-refractivity contribution >= 4 is 44.8 Å². The second kappa shape index (κ2) is 8.49. The molecule has 0 spiro atoms. The van der Waals surface area contributed by atoms with Gasteiger partial charge in [0.25, 0.3) is 0 Å². The van der Waals surface area contributed by atoms with Crippen LogP contribution >= 0.6 is 23.2 Å². The lowest BCUT2D eigenvalue weighted by molar-refractivity contribution is -0.120. The van der Waals surface area contributed by atoms with Crippen molar-refractivity contribution < 1.29 is 17.9 Å². The van der Waals surface area contributed by atoms with Crippen molar-refractivity contribution in [3.8, 4) is 0 Å². The topological polar surface area (TPSA) is 75.7 Å². The minimum absolute atomic E-state index is 0.0854. The summed E-state index contributed by atoms with van der Waals surface area (Å²) in [6.45, 7) is 0.720. The summed E-state index contributed by atoms with van der Waals surface area (Å²) in [5, 5.41) is 3.35. The minimum atomic E-state index is -3.42. The Labute approximate surface area is 152 Å². The average Bonchev–Trinajstić information content (AvgIpc) is 2.57. The van der Waals surface area contributed by atoms with Crippen LogP contribution in [0.2, 0.25) is 10.0 Å². The second-order valence-corrected chi connectivity index (χ2v) is 8.47. The van der Waals surface area contributed by atoms with E-state index in [2.05, 4.69) is 5.32 Å². The molecule has 1 atom stereocenters. The molecule has 1 aliphatic rings. The summed E-state index contributed by atoms with van der Waals surface area (Å²) in [5.41, 5.74) is 0.425. The average molecular weight is 395 g/mol. The van der Waals surface area contributed by atoms with Crippen molar-refractivity contribution in [2.45, 2.75) is 12.8 Å². The summed E-state index contributed by atoms with van der Waals surface area (Å²) in [6.07, 6.45) is 1.26. The van der Waals surface area contributed by atoms with Gasteiger partial charge < -0.3 is 10.1 Å². The van der Waals surface area contributed by atoms with Crippen LogP contribution in [0.3, 0.4) is 0 Å². The fourth-order valence-corrected chi connectivity index (χ4v) is 4.36. The maximum atomic E-state index is 12.5. The molecule has 0 radical (unpaired) electrons. The molecule has 1 aromatic carbocycles. The SMILES string of the molecule is COCCS(=O)(=O)N1CCCC(C(=O)Nc2cccc(Cl)c2Cl)C1. The van der Waals surface area contributed by atoms with E-state index in [9.17, 15) is 13.2 Å². The van der Waals surface area contributed by atoms with Crippen LogP contribution in [-0.4, -0.2) is 51.2 Å². The van der Waals surface area contributed by atoms with Gasteiger partial charge in [0.05, 0.1) is 34.0 Å². The summed E-state index contributed by atoms with van der Waals surface area (Å²) >= 11 is 12.0. The number of rotatable bonds is 6. The third-order valence-electron chi connectivity index (χ3n) is 3.90. The molecule has 24 heavy (non-hydrogen) atoms. The number of sulfonamides is 1. The number of benzene rings is 1. The molecule has 0 aromatic heterocycles. The van der Waals surface area contributed by atoms with Crippen LogP contribution in [0.4, 0.5) is 5.69 Å². The monoisotopic (exact) mass is 394 g/mol. The molecule has 2 rings (SSSR count). The standard InChI is InChI=1S/C15H20Cl2N2O4S/c1-23-8-9-24(21,22)19-7-3-4-11(10-19)15(20)18-13-6-2-5-12(16)14(13)17/h2,5-6,11H,3-4,7-10H2,1H3,(H,18,20). The number of hydrogen-bond donors (Lipinski definition) is 1. The van der Waals surface area contributed by atoms with Crippen molar-refractivity contribution in [3.05, 3.63) is 28.2 Å². The van der Waals surface area contributed by atoms with Gasteiger partial charge in [-0.15, -0.1) is 0 Å². The van der Waals surface area contributed by atoms with E-state index in [0.29, 0.717) is 30.1 Å². The molecule has 1 amide bonds. The molecule has 134 valence electrons. The molecule has 1 fully saturated rings. The van der Waals surface area contributed by atoms with Gasteiger partial charge in [0.1, 0.15) is 0 Å². The number of nitrogens with zero attached hydrogens (tertiary/aromatic N) is 1. The molecule has 1 aliphatic heterocycles. The lowest BCUT2D eigenvalue weighted by atomic mass is 9.99. The number of piperidine rings is 1. The van der Waals surface area contributed by atoms with Crippen molar-refractivity contribution in [1.29, 1.82) is 0 Å². The molecule has 0 aliphatic carbocycles. The molecule has 1 unspecified atom stereocenters. The maximum absolute atomic E-state index is 12.5. The van der Waals surface area contributed by atoms with E-state index in [1.54, 1.807) is 18.2 Å². The Morgan fingerprint density at radius 2 is 2.17 bits per heavy atom. The fourth-order valence-electron chi connectivity index (χ4n) is 2.56. The summed E-state index contributed by atoms with van der Waals surface area (Å²) < 4.78 is 30.7. The highest BCUT2D eigenvalue weighted by molar-refractivity contribution is 7.89. The first-order chi connectivity index (χ1) is 11.3. The predicted octanol–water partition coefficient (Wildman–Crippen LogP) is 2.62. The Kier molecular flexibility index (Phi) is 6.88. The highest BCUT2D eigenvalue weighted by Gasteiger charge is 2.32. The number of nitrogens with one attached hydrogen (secondary N) is 1. The van der Waals surface area contributed by atoms with Gasteiger partial charge in [-0.1, -0.05) is 29.3 Å². The van der Waals surface area contributed by atoms with Crippen molar-refractivity contribution in [1.82, 2.24) is 4.31 Å². The molecule has 6 nitrogen and oxygen atoms in total. The molecule has 0 saturated carbocycles. The largest absolute Gasteiger partial charge is 0.384 e. The lowest BCUT2D eigenvalue weighted by Gasteiger charge is -2.31. The zero-order chi connectivity index (χ0) is 17.7. The second-order valence-electron chi connectivity index (χ2n) is 5.60. The first kappa shape index (κ1) is 19.5. The fraction of sp³-hybridized carbons (Fsp3) is 0.533. The molecular formula is C15H20Cl2N2O4S. The van der Waals surface area contributed by atoms with Gasteiger partial charge in [-0.05, 0) is 25.0 Å². The molecule has 1 aromatic rings. The predicted molar refractivity (Wildman–Crippen MR) is 95.1 cm³/mol. The van der Waals surface area contributed by atoms with Crippen LogP contribution in [0.25, 0.3) is 0 Å². The Morgan fingerprint density at radius 1 is 1.42 bits per heavy atom. The van der Waals surface area contributed by atoms with E-state index in [0.717, 1.165) is 0 Å². The van der Waals surface area contributed by atoms with Crippen LogP contribution in [0.15, 0.2) is 18.2 Å². The number of amides is 1. The summed E-state index contributed by atoms with van der Waals surface area (Å²) in [7, 11) is -1.96. The smallest absolute Gasteiger partial charge is 0.228 e. The molecule has 0 bridgehead atoms. The minimum Gasteiger partial charge on any atom is -0.384 e. The van der Waals surface area contributed by atoms with Gasteiger partial charge in [-0.25, -0.2) is 12.7 Å². The number of halogens is 2. The number of carbonyl (C=O) groups is 1. The van der Waals surface area contributed by atoms with Crippen LogP contribution in [0.5, 0.6) is 0 Å². The Bertz CT molecular complexity index is 697. The van der Waals surface area contributed by atoms with E-state index in [4.69, 9.17) is 27.9 Å². The van der Waals surface area contributed by atoms with E-state index >= 15 is 0 Å². The zero-order valence-electron chi connectivity index (χ0n) is 13.3. The van der Waals surface area contributed by atoms with Crippen LogP contribution in [0.1, 0.15) is 12.8 Å². The number of hydrogen-bond acceptors (Lipinski definition) is 4.